The van der Waals surface area contributed by atoms with Crippen molar-refractivity contribution in [3.8, 4) is 10.8 Å². The molecule has 2 aromatic heterocycles. The van der Waals surface area contributed by atoms with Crippen molar-refractivity contribution in [2.75, 3.05) is 18.4 Å². The van der Waals surface area contributed by atoms with Crippen molar-refractivity contribution in [3.63, 3.8) is 0 Å². The van der Waals surface area contributed by atoms with Crippen molar-refractivity contribution in [3.05, 3.63) is 52.2 Å². The number of benzene rings is 1. The second-order valence-corrected chi connectivity index (χ2v) is 10.6. The van der Waals surface area contributed by atoms with Crippen molar-refractivity contribution in [2.24, 2.45) is 0 Å². The average molecular weight is 480 g/mol. The van der Waals surface area contributed by atoms with Crippen LogP contribution in [-0.4, -0.2) is 36.7 Å². The van der Waals surface area contributed by atoms with Gasteiger partial charge in [0, 0.05) is 18.8 Å². The fourth-order valence-corrected chi connectivity index (χ4v) is 6.14. The Kier molecular flexibility index (Phi) is 6.47. The first-order chi connectivity index (χ1) is 14.8. The zero-order valence-electron chi connectivity index (χ0n) is 16.9. The Labute approximate surface area is 190 Å². The highest BCUT2D eigenvalue weighted by atomic mass is 35.5. The van der Waals surface area contributed by atoms with Gasteiger partial charge in [-0.15, -0.1) is 11.3 Å². The van der Waals surface area contributed by atoms with Crippen LogP contribution in [0.1, 0.15) is 30.7 Å². The summed E-state index contributed by atoms with van der Waals surface area (Å²) in [6.07, 6.45) is 2.69. The Morgan fingerprint density at radius 1 is 1.26 bits per heavy atom. The first kappa shape index (κ1) is 22.0. The normalized spacial score (nSPS) is 15.2. The van der Waals surface area contributed by atoms with Gasteiger partial charge in [0.15, 0.2) is 0 Å². The number of hydrogen-bond donors (Lipinski definition) is 1. The largest absolute Gasteiger partial charge is 0.440 e. The number of thiophene rings is 1. The summed E-state index contributed by atoms with van der Waals surface area (Å²) in [7, 11) is -3.71. The Bertz CT molecular complexity index is 1180. The van der Waals surface area contributed by atoms with Gasteiger partial charge in [-0.3, -0.25) is 4.79 Å². The van der Waals surface area contributed by atoms with Crippen LogP contribution in [0.15, 0.2) is 45.0 Å². The van der Waals surface area contributed by atoms with Gasteiger partial charge in [-0.25, -0.2) is 13.4 Å². The number of oxazole rings is 1. The van der Waals surface area contributed by atoms with E-state index in [-0.39, 0.29) is 22.2 Å². The minimum atomic E-state index is -3.71. The highest BCUT2D eigenvalue weighted by Crippen LogP contribution is 2.30. The lowest BCUT2D eigenvalue weighted by Gasteiger charge is -2.26. The topological polar surface area (TPSA) is 92.5 Å². The molecule has 4 rings (SSSR count). The molecule has 0 aliphatic carbocycles. The van der Waals surface area contributed by atoms with Crippen molar-refractivity contribution in [2.45, 2.75) is 37.5 Å². The number of carbonyl (C=O) groups is 1. The standard InChI is InChI=1S/C21H22ClN3O4S2/c1-14-17(24-21(29-14)18-6-5-11-30-18)13-20(26)23-15-7-8-16(22)19(12-15)31(27,28)25-9-3-2-4-10-25/h5-8,11-12H,2-4,9-10,13H2,1H3,(H,23,26). The Morgan fingerprint density at radius 3 is 2.74 bits per heavy atom. The molecule has 1 saturated heterocycles. The molecule has 1 N–H and O–H groups in total. The molecule has 0 atom stereocenters. The van der Waals surface area contributed by atoms with Crippen molar-refractivity contribution in [1.29, 1.82) is 0 Å². The Morgan fingerprint density at radius 2 is 2.03 bits per heavy atom. The highest BCUT2D eigenvalue weighted by Gasteiger charge is 2.28. The molecule has 3 aromatic rings. The van der Waals surface area contributed by atoms with Crippen molar-refractivity contribution in [1.82, 2.24) is 9.29 Å². The van der Waals surface area contributed by atoms with Gasteiger partial charge in [-0.1, -0.05) is 24.1 Å². The number of amides is 1. The maximum absolute atomic E-state index is 13.0. The number of hydrogen-bond acceptors (Lipinski definition) is 6. The molecule has 0 radical (unpaired) electrons. The summed E-state index contributed by atoms with van der Waals surface area (Å²) in [5.41, 5.74) is 0.903. The van der Waals surface area contributed by atoms with E-state index >= 15 is 0 Å². The lowest BCUT2D eigenvalue weighted by molar-refractivity contribution is -0.115. The van der Waals surface area contributed by atoms with E-state index in [1.165, 1.54) is 27.8 Å². The summed E-state index contributed by atoms with van der Waals surface area (Å²) in [5, 5.41) is 4.81. The molecule has 7 nitrogen and oxygen atoms in total. The maximum Gasteiger partial charge on any atom is 0.244 e. The highest BCUT2D eigenvalue weighted by molar-refractivity contribution is 7.89. The van der Waals surface area contributed by atoms with Crippen molar-refractivity contribution >= 4 is 44.6 Å². The molecule has 0 spiro atoms. The van der Waals surface area contributed by atoms with Crippen molar-refractivity contribution < 1.29 is 17.6 Å². The molecule has 31 heavy (non-hydrogen) atoms. The lowest BCUT2D eigenvalue weighted by Crippen LogP contribution is -2.35. The first-order valence-corrected chi connectivity index (χ1v) is 12.6. The van der Waals surface area contributed by atoms with Gasteiger partial charge in [-0.05, 0) is 49.4 Å². The van der Waals surface area contributed by atoms with Crippen LogP contribution in [0, 0.1) is 6.92 Å². The fourth-order valence-electron chi connectivity index (χ4n) is 3.48. The van der Waals surface area contributed by atoms with E-state index < -0.39 is 10.0 Å². The molecule has 1 fully saturated rings. The summed E-state index contributed by atoms with van der Waals surface area (Å²) in [5.74, 6) is 0.734. The van der Waals surface area contributed by atoms with E-state index in [4.69, 9.17) is 16.0 Å². The van der Waals surface area contributed by atoms with E-state index in [1.54, 1.807) is 13.0 Å². The minimum absolute atomic E-state index is 0.00599. The smallest absolute Gasteiger partial charge is 0.244 e. The Balaban J connectivity index is 1.50. The zero-order chi connectivity index (χ0) is 22.0. The van der Waals surface area contributed by atoms with Crippen LogP contribution in [0.5, 0.6) is 0 Å². The van der Waals surface area contributed by atoms with E-state index in [0.29, 0.717) is 36.1 Å². The number of nitrogens with one attached hydrogen (secondary N) is 1. The summed E-state index contributed by atoms with van der Waals surface area (Å²) in [6, 6.07) is 8.29. The van der Waals surface area contributed by atoms with Crippen LogP contribution in [0.2, 0.25) is 5.02 Å². The number of halogens is 1. The number of anilines is 1. The SMILES string of the molecule is Cc1oc(-c2cccs2)nc1CC(=O)Nc1ccc(Cl)c(S(=O)(=O)N2CCCCC2)c1. The predicted molar refractivity (Wildman–Crippen MR) is 121 cm³/mol. The maximum atomic E-state index is 13.0. The van der Waals surface area contributed by atoms with Crippen LogP contribution >= 0.6 is 22.9 Å². The van der Waals surface area contributed by atoms with E-state index in [0.717, 1.165) is 24.1 Å². The van der Waals surface area contributed by atoms with Crippen LogP contribution in [0.4, 0.5) is 5.69 Å². The number of piperidine rings is 1. The second-order valence-electron chi connectivity index (χ2n) is 7.33. The van der Waals surface area contributed by atoms with E-state index in [1.807, 2.05) is 17.5 Å². The number of nitrogens with zero attached hydrogens (tertiary/aromatic N) is 2. The van der Waals surface area contributed by atoms with Gasteiger partial charge in [0.1, 0.15) is 10.7 Å². The monoisotopic (exact) mass is 479 g/mol. The molecule has 1 aliphatic heterocycles. The van der Waals surface area contributed by atoms with E-state index in [2.05, 4.69) is 10.3 Å². The molecule has 3 heterocycles. The fraction of sp³-hybridized carbons (Fsp3) is 0.333. The molecular weight excluding hydrogens is 458 g/mol. The molecule has 1 amide bonds. The van der Waals surface area contributed by atoms with Crippen LogP contribution in [0.3, 0.4) is 0 Å². The quantitative estimate of drug-likeness (QED) is 0.552. The Hall–Kier alpha value is -2.20. The molecular formula is C21H22ClN3O4S2. The van der Waals surface area contributed by atoms with Gasteiger partial charge in [-0.2, -0.15) is 4.31 Å². The lowest BCUT2D eigenvalue weighted by atomic mass is 10.2. The van der Waals surface area contributed by atoms with Gasteiger partial charge in [0.25, 0.3) is 0 Å². The number of carbonyl (C=O) groups excluding carboxylic acids is 1. The molecule has 164 valence electrons. The molecule has 0 bridgehead atoms. The summed E-state index contributed by atoms with van der Waals surface area (Å²) in [4.78, 5) is 17.9. The molecule has 0 unspecified atom stereocenters. The third-order valence-corrected chi connectivity index (χ3v) is 8.34. The van der Waals surface area contributed by atoms with Gasteiger partial charge < -0.3 is 9.73 Å². The third-order valence-electron chi connectivity index (χ3n) is 5.10. The summed E-state index contributed by atoms with van der Waals surface area (Å²) in [6.45, 7) is 2.72. The molecule has 0 saturated carbocycles. The van der Waals surface area contributed by atoms with Crippen LogP contribution in [-0.2, 0) is 21.2 Å². The van der Waals surface area contributed by atoms with Gasteiger partial charge in [0.2, 0.25) is 21.8 Å². The van der Waals surface area contributed by atoms with Crippen LogP contribution < -0.4 is 5.32 Å². The predicted octanol–water partition coefficient (Wildman–Crippen LogP) is 4.72. The third kappa shape index (κ3) is 4.85. The first-order valence-electron chi connectivity index (χ1n) is 9.94. The number of aromatic nitrogens is 1. The number of aryl methyl sites for hydroxylation is 1. The van der Waals surface area contributed by atoms with Crippen LogP contribution in [0.25, 0.3) is 10.8 Å². The zero-order valence-corrected chi connectivity index (χ0v) is 19.3. The average Bonchev–Trinajstić information content (AvgIpc) is 3.40. The summed E-state index contributed by atoms with van der Waals surface area (Å²) >= 11 is 7.70. The number of sulfonamides is 1. The second kappa shape index (κ2) is 9.12. The molecule has 10 heteroatoms. The van der Waals surface area contributed by atoms with Gasteiger partial charge in [0.05, 0.1) is 22.0 Å². The summed E-state index contributed by atoms with van der Waals surface area (Å²) < 4.78 is 33.1. The molecule has 1 aromatic carbocycles. The number of rotatable bonds is 6. The van der Waals surface area contributed by atoms with Gasteiger partial charge >= 0.3 is 0 Å². The minimum Gasteiger partial charge on any atom is -0.440 e. The van der Waals surface area contributed by atoms with E-state index in [9.17, 15) is 13.2 Å². The molecule has 1 aliphatic rings.